The molecule has 0 saturated heterocycles. The zero-order chi connectivity index (χ0) is 21.8. The van der Waals surface area contributed by atoms with Crippen molar-refractivity contribution in [3.05, 3.63) is 76.7 Å². The summed E-state index contributed by atoms with van der Waals surface area (Å²) in [6.07, 6.45) is 9.18. The van der Waals surface area contributed by atoms with E-state index in [4.69, 9.17) is 4.74 Å². The molecule has 6 heteroatoms. The van der Waals surface area contributed by atoms with Gasteiger partial charge in [-0.15, -0.1) is 6.58 Å². The molecular formula is C24H33N3O3. The molecule has 0 aliphatic carbocycles. The molecular weight excluding hydrogens is 378 g/mol. The van der Waals surface area contributed by atoms with E-state index < -0.39 is 0 Å². The largest absolute Gasteiger partial charge is 0.487 e. The predicted molar refractivity (Wildman–Crippen MR) is 122 cm³/mol. The van der Waals surface area contributed by atoms with E-state index in [1.54, 1.807) is 17.9 Å². The van der Waals surface area contributed by atoms with Crippen LogP contribution < -0.4 is 20.9 Å². The van der Waals surface area contributed by atoms with Crippen molar-refractivity contribution in [3.8, 4) is 5.75 Å². The zero-order valence-electron chi connectivity index (χ0n) is 18.0. The van der Waals surface area contributed by atoms with Crippen LogP contribution in [0.3, 0.4) is 0 Å². The third-order valence-electron chi connectivity index (χ3n) is 4.89. The smallest absolute Gasteiger partial charge is 0.273 e. The number of unbranched alkanes of at least 4 members (excludes halogenated alkanes) is 3. The fraction of sp³-hybridized carbons (Fsp3) is 0.417. The normalized spacial score (nSPS) is 11.5. The summed E-state index contributed by atoms with van der Waals surface area (Å²) in [5.41, 5.74) is 4.43. The minimum atomic E-state index is -0.370. The number of carbonyl (C=O) groups excluding carboxylic acids is 1. The van der Waals surface area contributed by atoms with Gasteiger partial charge in [0, 0.05) is 19.3 Å². The Morgan fingerprint density at radius 2 is 1.97 bits per heavy atom. The molecule has 6 nitrogen and oxygen atoms in total. The molecule has 0 radical (unpaired) electrons. The van der Waals surface area contributed by atoms with Crippen LogP contribution in [0.15, 0.2) is 60.0 Å². The minimum Gasteiger partial charge on any atom is -0.487 e. The summed E-state index contributed by atoms with van der Waals surface area (Å²) >= 11 is 0. The van der Waals surface area contributed by atoms with Gasteiger partial charge in [0.25, 0.3) is 5.91 Å². The van der Waals surface area contributed by atoms with E-state index in [0.29, 0.717) is 6.61 Å². The lowest BCUT2D eigenvalue weighted by molar-refractivity contribution is 0.0948. The highest BCUT2D eigenvalue weighted by Gasteiger charge is 2.21. The standard InChI is InChI=1S/C24H33N3O3/c1-4-6-8-12-15-20(19-13-10-9-11-14-19)26-27-17-16-21(28)23(30-18-7-5-2)22(27)24(29)25-3/h4,9-11,13-14,16-17,20,26H,1,5-8,12,15,18H2,2-3H3,(H,25,29). The summed E-state index contributed by atoms with van der Waals surface area (Å²) in [6, 6.07) is 11.5. The van der Waals surface area contributed by atoms with Crippen LogP contribution >= 0.6 is 0 Å². The highest BCUT2D eigenvalue weighted by molar-refractivity contribution is 5.95. The Kier molecular flexibility index (Phi) is 9.71. The summed E-state index contributed by atoms with van der Waals surface area (Å²) < 4.78 is 7.34. The molecule has 1 atom stereocenters. The quantitative estimate of drug-likeness (QED) is 0.378. The molecule has 0 aliphatic heterocycles. The van der Waals surface area contributed by atoms with Crippen molar-refractivity contribution in [2.75, 3.05) is 19.1 Å². The second-order valence-corrected chi connectivity index (χ2v) is 7.17. The summed E-state index contributed by atoms with van der Waals surface area (Å²) in [6.45, 7) is 6.22. The highest BCUT2D eigenvalue weighted by Crippen LogP contribution is 2.23. The molecule has 0 aliphatic rings. The second kappa shape index (κ2) is 12.5. The van der Waals surface area contributed by atoms with Crippen molar-refractivity contribution in [3.63, 3.8) is 0 Å². The number of hydrogen-bond donors (Lipinski definition) is 2. The molecule has 0 spiro atoms. The van der Waals surface area contributed by atoms with Crippen LogP contribution in [-0.2, 0) is 0 Å². The van der Waals surface area contributed by atoms with Crippen LogP contribution in [0, 0.1) is 0 Å². The third-order valence-corrected chi connectivity index (χ3v) is 4.89. The average molecular weight is 412 g/mol. The Balaban J connectivity index is 2.37. The maximum Gasteiger partial charge on any atom is 0.273 e. The van der Waals surface area contributed by atoms with Gasteiger partial charge in [0.1, 0.15) is 0 Å². The maximum absolute atomic E-state index is 12.7. The fourth-order valence-electron chi connectivity index (χ4n) is 3.21. The number of nitrogens with one attached hydrogen (secondary N) is 2. The number of nitrogens with zero attached hydrogens (tertiary/aromatic N) is 1. The highest BCUT2D eigenvalue weighted by atomic mass is 16.5. The molecule has 162 valence electrons. The van der Waals surface area contributed by atoms with Crippen LogP contribution in [0.25, 0.3) is 0 Å². The van der Waals surface area contributed by atoms with Gasteiger partial charge in [0.05, 0.1) is 12.6 Å². The Bertz CT molecular complexity index is 862. The van der Waals surface area contributed by atoms with E-state index in [-0.39, 0.29) is 28.8 Å². The van der Waals surface area contributed by atoms with E-state index in [1.807, 2.05) is 31.2 Å². The van der Waals surface area contributed by atoms with Gasteiger partial charge in [-0.25, -0.2) is 0 Å². The first-order valence-corrected chi connectivity index (χ1v) is 10.6. The SMILES string of the molecule is C=CCCCCC(Nn1ccc(=O)c(OCCCC)c1C(=O)NC)c1ccccc1. The number of carbonyl (C=O) groups is 1. The van der Waals surface area contributed by atoms with Crippen LogP contribution in [0.5, 0.6) is 5.75 Å². The first kappa shape index (κ1) is 23.3. The van der Waals surface area contributed by atoms with Gasteiger partial charge in [-0.05, 0) is 31.2 Å². The van der Waals surface area contributed by atoms with E-state index in [0.717, 1.165) is 44.1 Å². The lowest BCUT2D eigenvalue weighted by atomic mass is 10.0. The van der Waals surface area contributed by atoms with Crippen molar-refractivity contribution in [1.82, 2.24) is 9.99 Å². The van der Waals surface area contributed by atoms with E-state index in [2.05, 4.69) is 29.5 Å². The zero-order valence-corrected chi connectivity index (χ0v) is 18.0. The summed E-state index contributed by atoms with van der Waals surface area (Å²) in [5.74, 6) is -0.290. The molecule has 1 aromatic heterocycles. The Morgan fingerprint density at radius 3 is 2.63 bits per heavy atom. The van der Waals surface area contributed by atoms with E-state index >= 15 is 0 Å². The third kappa shape index (κ3) is 6.51. The van der Waals surface area contributed by atoms with Gasteiger partial charge in [-0.2, -0.15) is 0 Å². The molecule has 2 aromatic rings. The number of rotatable bonds is 13. The van der Waals surface area contributed by atoms with Gasteiger partial charge in [0.15, 0.2) is 11.4 Å². The van der Waals surface area contributed by atoms with Gasteiger partial charge in [-0.1, -0.05) is 56.2 Å². The number of ether oxygens (including phenoxy) is 1. The van der Waals surface area contributed by atoms with E-state index in [1.165, 1.54) is 6.07 Å². The van der Waals surface area contributed by atoms with Crippen molar-refractivity contribution in [2.45, 2.75) is 51.5 Å². The molecule has 0 fully saturated rings. The number of allylic oxidation sites excluding steroid dienone is 1. The van der Waals surface area contributed by atoms with Crippen molar-refractivity contribution in [2.24, 2.45) is 0 Å². The van der Waals surface area contributed by atoms with Crippen LogP contribution in [0.4, 0.5) is 0 Å². The topological polar surface area (TPSA) is 72.4 Å². The monoisotopic (exact) mass is 411 g/mol. The van der Waals surface area contributed by atoms with Gasteiger partial charge in [0.2, 0.25) is 5.43 Å². The molecule has 2 N–H and O–H groups in total. The van der Waals surface area contributed by atoms with Crippen molar-refractivity contribution in [1.29, 1.82) is 0 Å². The predicted octanol–water partition coefficient (Wildman–Crippen LogP) is 4.42. The van der Waals surface area contributed by atoms with E-state index in [9.17, 15) is 9.59 Å². The van der Waals surface area contributed by atoms with Gasteiger partial charge >= 0.3 is 0 Å². The number of aromatic nitrogens is 1. The second-order valence-electron chi connectivity index (χ2n) is 7.17. The van der Waals surface area contributed by atoms with Crippen LogP contribution in [0.2, 0.25) is 0 Å². The van der Waals surface area contributed by atoms with Crippen LogP contribution in [0.1, 0.15) is 67.5 Å². The summed E-state index contributed by atoms with van der Waals surface area (Å²) in [7, 11) is 1.55. The molecule has 0 bridgehead atoms. The summed E-state index contributed by atoms with van der Waals surface area (Å²) in [4.78, 5) is 25.1. The van der Waals surface area contributed by atoms with Crippen LogP contribution in [-0.4, -0.2) is 24.2 Å². The number of amides is 1. The number of pyridine rings is 1. The number of hydrogen-bond acceptors (Lipinski definition) is 4. The molecule has 1 amide bonds. The molecule has 30 heavy (non-hydrogen) atoms. The molecule has 1 unspecified atom stereocenters. The maximum atomic E-state index is 12.7. The average Bonchev–Trinajstić information content (AvgIpc) is 2.77. The van der Waals surface area contributed by atoms with Crippen molar-refractivity contribution < 1.29 is 9.53 Å². The lowest BCUT2D eigenvalue weighted by Crippen LogP contribution is -2.32. The Hall–Kier alpha value is -3.02. The van der Waals surface area contributed by atoms with Gasteiger partial charge < -0.3 is 15.5 Å². The lowest BCUT2D eigenvalue weighted by Gasteiger charge is -2.25. The molecule has 1 heterocycles. The first-order chi connectivity index (χ1) is 14.6. The molecule has 0 saturated carbocycles. The molecule has 1 aromatic carbocycles. The minimum absolute atomic E-state index is 0.0228. The Labute approximate surface area is 178 Å². The Morgan fingerprint density at radius 1 is 1.20 bits per heavy atom. The van der Waals surface area contributed by atoms with Crippen molar-refractivity contribution >= 4 is 5.91 Å². The van der Waals surface area contributed by atoms with Gasteiger partial charge in [-0.3, -0.25) is 14.3 Å². The first-order valence-electron chi connectivity index (χ1n) is 10.6. The number of benzene rings is 1. The fourth-order valence-corrected chi connectivity index (χ4v) is 3.21. The molecule has 2 rings (SSSR count). The summed E-state index contributed by atoms with van der Waals surface area (Å²) in [5, 5.41) is 2.62.